The van der Waals surface area contributed by atoms with Crippen molar-refractivity contribution >= 4 is 11.4 Å². The molecule has 3 rings (SSSR count). The molecule has 1 fully saturated rings. The molecule has 0 spiro atoms. The molecule has 5 nitrogen and oxygen atoms in total. The zero-order valence-corrected chi connectivity index (χ0v) is 12.7. The van der Waals surface area contributed by atoms with Gasteiger partial charge < -0.3 is 9.64 Å². The van der Waals surface area contributed by atoms with E-state index in [9.17, 15) is 14.5 Å². The van der Waals surface area contributed by atoms with Crippen LogP contribution in [0.4, 0.5) is 15.8 Å². The molecule has 2 aromatic rings. The van der Waals surface area contributed by atoms with Gasteiger partial charge in [-0.3, -0.25) is 10.1 Å². The number of nitrogens with zero attached hydrogens (tertiary/aromatic N) is 2. The molecule has 0 bridgehead atoms. The molecule has 0 aliphatic carbocycles. The molecule has 2 atom stereocenters. The summed E-state index contributed by atoms with van der Waals surface area (Å²) in [5.41, 5.74) is 1.21. The van der Waals surface area contributed by atoms with Crippen molar-refractivity contribution in [2.24, 2.45) is 0 Å². The SMILES string of the molecule is CC1CN(c2cc(F)ccc2[N+](=O)[O-])CC(c2ccccc2)O1. The number of hydrogen-bond donors (Lipinski definition) is 0. The maximum Gasteiger partial charge on any atom is 0.292 e. The predicted octanol–water partition coefficient (Wildman–Crippen LogP) is 3.70. The zero-order chi connectivity index (χ0) is 16.4. The van der Waals surface area contributed by atoms with Gasteiger partial charge >= 0.3 is 0 Å². The first-order valence-electron chi connectivity index (χ1n) is 7.44. The highest BCUT2D eigenvalue weighted by molar-refractivity contribution is 5.63. The first-order valence-corrected chi connectivity index (χ1v) is 7.44. The van der Waals surface area contributed by atoms with Gasteiger partial charge in [0.2, 0.25) is 0 Å². The molecule has 120 valence electrons. The molecule has 0 saturated carbocycles. The van der Waals surface area contributed by atoms with Crippen LogP contribution in [0, 0.1) is 15.9 Å². The molecule has 0 N–H and O–H groups in total. The lowest BCUT2D eigenvalue weighted by Gasteiger charge is -2.38. The van der Waals surface area contributed by atoms with E-state index < -0.39 is 10.7 Å². The van der Waals surface area contributed by atoms with Crippen molar-refractivity contribution in [3.63, 3.8) is 0 Å². The van der Waals surface area contributed by atoms with Crippen molar-refractivity contribution in [2.45, 2.75) is 19.1 Å². The van der Waals surface area contributed by atoms with Gasteiger partial charge in [0.05, 0.1) is 11.0 Å². The van der Waals surface area contributed by atoms with Crippen LogP contribution < -0.4 is 4.90 Å². The second-order valence-corrected chi connectivity index (χ2v) is 5.64. The maximum absolute atomic E-state index is 13.6. The molecule has 2 aromatic carbocycles. The summed E-state index contributed by atoms with van der Waals surface area (Å²) in [5.74, 6) is -0.485. The first kappa shape index (κ1) is 15.4. The molecule has 6 heteroatoms. The average molecular weight is 316 g/mol. The lowest BCUT2D eigenvalue weighted by atomic mass is 10.1. The molecule has 2 unspecified atom stereocenters. The fourth-order valence-corrected chi connectivity index (χ4v) is 2.90. The predicted molar refractivity (Wildman–Crippen MR) is 85.0 cm³/mol. The second-order valence-electron chi connectivity index (χ2n) is 5.64. The van der Waals surface area contributed by atoms with Gasteiger partial charge in [-0.15, -0.1) is 0 Å². The van der Waals surface area contributed by atoms with E-state index in [1.54, 1.807) is 0 Å². The number of anilines is 1. The Morgan fingerprint density at radius 2 is 1.96 bits per heavy atom. The standard InChI is InChI=1S/C17H17FN2O3/c1-12-10-19(11-17(23-12)13-5-3-2-4-6-13)16-9-14(18)7-8-15(16)20(21)22/h2-9,12,17H,10-11H2,1H3. The molecule has 1 heterocycles. The summed E-state index contributed by atoms with van der Waals surface area (Å²) in [6.45, 7) is 2.83. The molecule has 1 aliphatic rings. The minimum absolute atomic E-state index is 0.0905. The quantitative estimate of drug-likeness (QED) is 0.640. The molecular formula is C17H17FN2O3. The van der Waals surface area contributed by atoms with Crippen molar-refractivity contribution in [1.82, 2.24) is 0 Å². The third kappa shape index (κ3) is 3.32. The van der Waals surface area contributed by atoms with E-state index in [1.165, 1.54) is 12.1 Å². The van der Waals surface area contributed by atoms with E-state index in [0.717, 1.165) is 11.6 Å². The van der Waals surface area contributed by atoms with Crippen LogP contribution in [-0.4, -0.2) is 24.1 Å². The van der Waals surface area contributed by atoms with E-state index in [4.69, 9.17) is 4.74 Å². The third-order valence-electron chi connectivity index (χ3n) is 3.91. The Kier molecular flexibility index (Phi) is 4.25. The molecule has 0 radical (unpaired) electrons. The number of morpholine rings is 1. The fraction of sp³-hybridized carbons (Fsp3) is 0.294. The molecule has 23 heavy (non-hydrogen) atoms. The Labute approximate surface area is 133 Å². The van der Waals surface area contributed by atoms with E-state index in [-0.39, 0.29) is 17.9 Å². The van der Waals surface area contributed by atoms with Gasteiger partial charge in [-0.1, -0.05) is 30.3 Å². The van der Waals surface area contributed by atoms with Crippen LogP contribution in [0.15, 0.2) is 48.5 Å². The monoisotopic (exact) mass is 316 g/mol. The maximum atomic E-state index is 13.6. The number of benzene rings is 2. The van der Waals surface area contributed by atoms with Crippen molar-refractivity contribution in [3.05, 3.63) is 70.0 Å². The topological polar surface area (TPSA) is 55.6 Å². The zero-order valence-electron chi connectivity index (χ0n) is 12.7. The van der Waals surface area contributed by atoms with Gasteiger partial charge in [0.1, 0.15) is 17.6 Å². The van der Waals surface area contributed by atoms with Crippen LogP contribution in [0.25, 0.3) is 0 Å². The van der Waals surface area contributed by atoms with Crippen LogP contribution in [-0.2, 0) is 4.74 Å². The largest absolute Gasteiger partial charge is 0.367 e. The number of nitro benzene ring substituents is 1. The number of ether oxygens (including phenoxy) is 1. The minimum Gasteiger partial charge on any atom is -0.367 e. The van der Waals surface area contributed by atoms with Crippen LogP contribution in [0.5, 0.6) is 0 Å². The van der Waals surface area contributed by atoms with Crippen molar-refractivity contribution in [2.75, 3.05) is 18.0 Å². The van der Waals surface area contributed by atoms with Crippen LogP contribution >= 0.6 is 0 Å². The van der Waals surface area contributed by atoms with Crippen LogP contribution in [0.2, 0.25) is 0 Å². The highest BCUT2D eigenvalue weighted by atomic mass is 19.1. The molecular weight excluding hydrogens is 299 g/mol. The first-order chi connectivity index (χ1) is 11.0. The lowest BCUT2D eigenvalue weighted by molar-refractivity contribution is -0.384. The van der Waals surface area contributed by atoms with Gasteiger partial charge in [-0.2, -0.15) is 0 Å². The van der Waals surface area contributed by atoms with Gasteiger partial charge in [-0.05, 0) is 18.6 Å². The van der Waals surface area contributed by atoms with Crippen LogP contribution in [0.3, 0.4) is 0 Å². The summed E-state index contributed by atoms with van der Waals surface area (Å²) in [5, 5.41) is 11.2. The summed E-state index contributed by atoms with van der Waals surface area (Å²) in [4.78, 5) is 12.6. The summed E-state index contributed by atoms with van der Waals surface area (Å²) in [7, 11) is 0. The highest BCUT2D eigenvalue weighted by Gasteiger charge is 2.30. The number of halogens is 1. The fourth-order valence-electron chi connectivity index (χ4n) is 2.90. The van der Waals surface area contributed by atoms with E-state index >= 15 is 0 Å². The van der Waals surface area contributed by atoms with Crippen molar-refractivity contribution in [1.29, 1.82) is 0 Å². The summed E-state index contributed by atoms with van der Waals surface area (Å²) in [6, 6.07) is 13.2. The summed E-state index contributed by atoms with van der Waals surface area (Å²) < 4.78 is 19.6. The van der Waals surface area contributed by atoms with Crippen molar-refractivity contribution < 1.29 is 14.1 Å². The smallest absolute Gasteiger partial charge is 0.292 e. The molecule has 1 aliphatic heterocycles. The number of hydrogen-bond acceptors (Lipinski definition) is 4. The lowest BCUT2D eigenvalue weighted by Crippen LogP contribution is -2.43. The van der Waals surface area contributed by atoms with E-state index in [2.05, 4.69) is 0 Å². The Morgan fingerprint density at radius 3 is 2.65 bits per heavy atom. The Morgan fingerprint density at radius 1 is 1.22 bits per heavy atom. The normalized spacial score (nSPS) is 21.2. The molecule has 1 saturated heterocycles. The minimum atomic E-state index is -0.485. The molecule has 0 amide bonds. The Bertz CT molecular complexity index is 708. The van der Waals surface area contributed by atoms with Gasteiger partial charge in [0.15, 0.2) is 0 Å². The number of nitro groups is 1. The average Bonchev–Trinajstić information content (AvgIpc) is 2.54. The Hall–Kier alpha value is -2.47. The van der Waals surface area contributed by atoms with Gasteiger partial charge in [0, 0.05) is 25.2 Å². The van der Waals surface area contributed by atoms with E-state index in [1.807, 2.05) is 42.2 Å². The van der Waals surface area contributed by atoms with Gasteiger partial charge in [-0.25, -0.2) is 4.39 Å². The molecule has 0 aromatic heterocycles. The van der Waals surface area contributed by atoms with E-state index in [0.29, 0.717) is 18.8 Å². The van der Waals surface area contributed by atoms with Crippen molar-refractivity contribution in [3.8, 4) is 0 Å². The number of rotatable bonds is 3. The Balaban J connectivity index is 1.94. The summed E-state index contributed by atoms with van der Waals surface area (Å²) in [6.07, 6.45) is -0.320. The highest BCUT2D eigenvalue weighted by Crippen LogP contribution is 2.34. The summed E-state index contributed by atoms with van der Waals surface area (Å²) >= 11 is 0. The van der Waals surface area contributed by atoms with Gasteiger partial charge in [0.25, 0.3) is 5.69 Å². The van der Waals surface area contributed by atoms with Crippen LogP contribution in [0.1, 0.15) is 18.6 Å². The second kappa shape index (κ2) is 6.34. The third-order valence-corrected chi connectivity index (χ3v) is 3.91.